The average molecular weight is 212 g/mol. The Hall–Kier alpha value is -0.890. The maximum atomic E-state index is 8.87. The fourth-order valence-corrected chi connectivity index (χ4v) is 1.15. The molecule has 0 heterocycles. The summed E-state index contributed by atoms with van der Waals surface area (Å²) in [6.45, 7) is 0. The van der Waals surface area contributed by atoms with Crippen molar-refractivity contribution in [2.45, 2.75) is 6.29 Å². The highest BCUT2D eigenvalue weighted by molar-refractivity contribution is 6.62. The van der Waals surface area contributed by atoms with Crippen molar-refractivity contribution in [1.82, 2.24) is 0 Å². The molecule has 1 aromatic carbocycles. The number of hydrogen-bond acceptors (Lipinski definition) is 6. The highest BCUT2D eigenvalue weighted by atomic mass is 16.5. The molecule has 0 atom stereocenters. The highest BCUT2D eigenvalue weighted by Gasteiger charge is 2.19. The van der Waals surface area contributed by atoms with Crippen molar-refractivity contribution < 1.29 is 30.3 Å². The smallest absolute Gasteiger partial charge is 0.423 e. The van der Waals surface area contributed by atoms with Crippen molar-refractivity contribution in [2.24, 2.45) is 0 Å². The molecule has 0 fully saturated rings. The van der Waals surface area contributed by atoms with Crippen molar-refractivity contribution in [3.63, 3.8) is 0 Å². The molecular weight excluding hydrogens is 202 g/mol. The van der Waals surface area contributed by atoms with Gasteiger partial charge in [0.1, 0.15) is 0 Å². The first-order chi connectivity index (χ1) is 6.91. The Kier molecular flexibility index (Phi) is 3.86. The summed E-state index contributed by atoms with van der Waals surface area (Å²) in [4.78, 5) is 0. The van der Waals surface area contributed by atoms with E-state index in [0.29, 0.717) is 0 Å². The van der Waals surface area contributed by atoms with Crippen LogP contribution >= 0.6 is 0 Å². The van der Waals surface area contributed by atoms with Gasteiger partial charge in [0.15, 0.2) is 6.29 Å². The van der Waals surface area contributed by atoms with Gasteiger partial charge in [0, 0.05) is 5.56 Å². The maximum Gasteiger partial charge on any atom is 0.488 e. The van der Waals surface area contributed by atoms with E-state index in [9.17, 15) is 0 Å². The lowest BCUT2D eigenvalue weighted by atomic mass is 9.72. The van der Waals surface area contributed by atoms with E-state index in [0.717, 1.165) is 18.2 Å². The number of aliphatic hydroxyl groups is 2. The van der Waals surface area contributed by atoms with Gasteiger partial charge in [0.25, 0.3) is 0 Å². The lowest BCUT2D eigenvalue weighted by Crippen LogP contribution is -2.38. The molecule has 0 saturated carbocycles. The fourth-order valence-electron chi connectivity index (χ4n) is 1.15. The molecule has 0 radical (unpaired) electrons. The van der Waals surface area contributed by atoms with E-state index in [4.69, 9.17) is 30.3 Å². The van der Waals surface area contributed by atoms with Crippen molar-refractivity contribution in [3.8, 4) is 0 Å². The summed E-state index contributed by atoms with van der Waals surface area (Å²) in [5.74, 6) is 0. The normalized spacial score (nSPS) is 10.6. The molecule has 6 N–H and O–H groups in total. The molecule has 1 rings (SSSR count). The Morgan fingerprint density at radius 3 is 1.47 bits per heavy atom. The number of hydrogen-bond donors (Lipinski definition) is 6. The standard InChI is InChI=1S/C7H10B2O6/c10-7(11)4-1-5(8(12)13)3-6(2-4)9(14)15/h1-3,7,10-15H. The van der Waals surface area contributed by atoms with Gasteiger partial charge in [-0.1, -0.05) is 18.2 Å². The minimum absolute atomic E-state index is 0.0521. The second kappa shape index (κ2) is 4.75. The van der Waals surface area contributed by atoms with E-state index >= 15 is 0 Å². The van der Waals surface area contributed by atoms with Crippen LogP contribution in [0.25, 0.3) is 0 Å². The Morgan fingerprint density at radius 2 is 1.20 bits per heavy atom. The van der Waals surface area contributed by atoms with Gasteiger partial charge >= 0.3 is 14.2 Å². The van der Waals surface area contributed by atoms with Gasteiger partial charge in [0.05, 0.1) is 0 Å². The molecule has 8 heteroatoms. The van der Waals surface area contributed by atoms with Crippen molar-refractivity contribution >= 4 is 25.2 Å². The van der Waals surface area contributed by atoms with Crippen molar-refractivity contribution in [2.75, 3.05) is 0 Å². The summed E-state index contributed by atoms with van der Waals surface area (Å²) < 4.78 is 0. The van der Waals surface area contributed by atoms with E-state index in [-0.39, 0.29) is 16.5 Å². The van der Waals surface area contributed by atoms with Gasteiger partial charge < -0.3 is 30.3 Å². The first-order valence-electron chi connectivity index (χ1n) is 4.15. The topological polar surface area (TPSA) is 121 Å². The minimum atomic E-state index is -1.82. The lowest BCUT2D eigenvalue weighted by molar-refractivity contribution is -0.0423. The zero-order chi connectivity index (χ0) is 11.6. The number of benzene rings is 1. The second-order valence-corrected chi connectivity index (χ2v) is 3.05. The van der Waals surface area contributed by atoms with Crippen LogP contribution in [0.2, 0.25) is 0 Å². The molecule has 0 aliphatic heterocycles. The van der Waals surface area contributed by atoms with E-state index in [1.54, 1.807) is 0 Å². The van der Waals surface area contributed by atoms with E-state index in [1.807, 2.05) is 0 Å². The summed E-state index contributed by atoms with van der Waals surface area (Å²) in [6, 6.07) is 3.42. The van der Waals surface area contributed by atoms with Crippen LogP contribution in [0, 0.1) is 0 Å². The molecule has 0 aliphatic rings. The first kappa shape index (κ1) is 12.2. The van der Waals surface area contributed by atoms with E-state index in [2.05, 4.69) is 0 Å². The highest BCUT2D eigenvalue weighted by Crippen LogP contribution is 2.06. The first-order valence-corrected chi connectivity index (χ1v) is 4.15. The molecule has 0 aromatic heterocycles. The van der Waals surface area contributed by atoms with E-state index < -0.39 is 20.5 Å². The third-order valence-corrected chi connectivity index (χ3v) is 1.89. The van der Waals surface area contributed by atoms with Gasteiger partial charge in [-0.3, -0.25) is 0 Å². The number of rotatable bonds is 3. The molecule has 80 valence electrons. The Bertz CT molecular complexity index is 276. The summed E-state index contributed by atoms with van der Waals surface area (Å²) in [6.07, 6.45) is -1.82. The molecule has 0 spiro atoms. The number of aliphatic hydroxyl groups excluding tert-OH is 1. The molecule has 0 amide bonds. The molecule has 0 unspecified atom stereocenters. The van der Waals surface area contributed by atoms with Crippen LogP contribution in [0.15, 0.2) is 18.2 Å². The predicted molar refractivity (Wildman–Crippen MR) is 53.3 cm³/mol. The summed E-state index contributed by atoms with van der Waals surface area (Å²) in [5, 5.41) is 53.2. The lowest BCUT2D eigenvalue weighted by Gasteiger charge is -2.10. The average Bonchev–Trinajstić information content (AvgIpc) is 2.16. The summed E-state index contributed by atoms with van der Waals surface area (Å²) in [7, 11) is -3.64. The van der Waals surface area contributed by atoms with Crippen molar-refractivity contribution in [1.29, 1.82) is 0 Å². The predicted octanol–water partition coefficient (Wildman–Crippen LogP) is -3.97. The molecule has 15 heavy (non-hydrogen) atoms. The van der Waals surface area contributed by atoms with Crippen LogP contribution in [0.4, 0.5) is 0 Å². The van der Waals surface area contributed by atoms with Gasteiger partial charge in [-0.05, 0) is 10.9 Å². The van der Waals surface area contributed by atoms with Gasteiger partial charge in [-0.15, -0.1) is 0 Å². The molecule has 0 aliphatic carbocycles. The van der Waals surface area contributed by atoms with Gasteiger partial charge in [0.2, 0.25) is 0 Å². The van der Waals surface area contributed by atoms with Crippen LogP contribution in [0.1, 0.15) is 11.9 Å². The van der Waals surface area contributed by atoms with Gasteiger partial charge in [-0.2, -0.15) is 0 Å². The Labute approximate surface area is 86.3 Å². The third kappa shape index (κ3) is 3.03. The van der Waals surface area contributed by atoms with Crippen LogP contribution < -0.4 is 10.9 Å². The molecule has 6 nitrogen and oxygen atoms in total. The molecule has 0 saturated heterocycles. The Balaban J connectivity index is 3.20. The summed E-state index contributed by atoms with van der Waals surface area (Å²) >= 11 is 0. The van der Waals surface area contributed by atoms with Crippen LogP contribution in [0.5, 0.6) is 0 Å². The summed E-state index contributed by atoms with van der Waals surface area (Å²) in [5.41, 5.74) is -0.156. The SMILES string of the molecule is OB(O)c1cc(B(O)O)cc(C(O)O)c1. The molecule has 0 bridgehead atoms. The fraction of sp³-hybridized carbons (Fsp3) is 0.143. The largest absolute Gasteiger partial charge is 0.488 e. The van der Waals surface area contributed by atoms with Crippen molar-refractivity contribution in [3.05, 3.63) is 23.8 Å². The molecular formula is C7H10B2O6. The zero-order valence-electron chi connectivity index (χ0n) is 7.65. The Morgan fingerprint density at radius 1 is 0.800 bits per heavy atom. The van der Waals surface area contributed by atoms with Crippen LogP contribution in [-0.2, 0) is 0 Å². The van der Waals surface area contributed by atoms with Crippen LogP contribution in [0.3, 0.4) is 0 Å². The monoisotopic (exact) mass is 212 g/mol. The second-order valence-electron chi connectivity index (χ2n) is 3.05. The quantitative estimate of drug-likeness (QED) is 0.224. The minimum Gasteiger partial charge on any atom is -0.423 e. The third-order valence-electron chi connectivity index (χ3n) is 1.89. The van der Waals surface area contributed by atoms with Gasteiger partial charge in [-0.25, -0.2) is 0 Å². The zero-order valence-corrected chi connectivity index (χ0v) is 7.65. The maximum absolute atomic E-state index is 8.87. The molecule has 1 aromatic rings. The van der Waals surface area contributed by atoms with E-state index in [1.165, 1.54) is 0 Å². The van der Waals surface area contributed by atoms with Crippen LogP contribution in [-0.4, -0.2) is 44.5 Å².